The topological polar surface area (TPSA) is 35.9 Å². The number of likely N-dealkylation sites (tertiary alicyclic amines) is 1. The highest BCUT2D eigenvalue weighted by molar-refractivity contribution is 9.10. The van der Waals surface area contributed by atoms with E-state index in [4.69, 9.17) is 0 Å². The number of hydrogen-bond acceptors (Lipinski definition) is 3. The Morgan fingerprint density at radius 3 is 2.45 bits per heavy atom. The monoisotopic (exact) mass is 365 g/mol. The highest BCUT2D eigenvalue weighted by atomic mass is 79.9. The van der Waals surface area contributed by atoms with Crippen molar-refractivity contribution in [3.63, 3.8) is 0 Å². The van der Waals surface area contributed by atoms with Crippen molar-refractivity contribution in [1.29, 1.82) is 0 Å². The molecule has 0 radical (unpaired) electrons. The number of aliphatic imine (C=N–C) groups is 1. The average Bonchev–Trinajstić information content (AvgIpc) is 2.46. The van der Waals surface area contributed by atoms with Gasteiger partial charge in [0.15, 0.2) is 0 Å². The predicted octanol–water partition coefficient (Wildman–Crippen LogP) is 3.73. The van der Waals surface area contributed by atoms with Gasteiger partial charge in [0.1, 0.15) is 0 Å². The van der Waals surface area contributed by atoms with Gasteiger partial charge in [-0.25, -0.2) is 0 Å². The van der Waals surface area contributed by atoms with Crippen molar-refractivity contribution < 1.29 is 4.79 Å². The zero-order valence-electron chi connectivity index (χ0n) is 13.8. The number of amides is 1. The summed E-state index contributed by atoms with van der Waals surface area (Å²) in [6.45, 7) is 5.51. The molecule has 5 heteroatoms. The molecule has 0 saturated carbocycles. The van der Waals surface area contributed by atoms with E-state index >= 15 is 0 Å². The lowest BCUT2D eigenvalue weighted by Gasteiger charge is -2.35. The van der Waals surface area contributed by atoms with Gasteiger partial charge < -0.3 is 9.80 Å². The number of carbonyl (C=O) groups excluding carboxylic acids is 1. The summed E-state index contributed by atoms with van der Waals surface area (Å²) in [6.07, 6.45) is 2.06. The number of piperidine rings is 1. The molecule has 22 heavy (non-hydrogen) atoms. The first kappa shape index (κ1) is 17.2. The number of hydrogen-bond donors (Lipinski definition) is 0. The first-order chi connectivity index (χ1) is 10.4. The van der Waals surface area contributed by atoms with Gasteiger partial charge in [-0.15, -0.1) is 0 Å². The van der Waals surface area contributed by atoms with Gasteiger partial charge in [0, 0.05) is 29.3 Å². The van der Waals surface area contributed by atoms with Crippen molar-refractivity contribution in [2.45, 2.75) is 32.7 Å². The van der Waals surface area contributed by atoms with Gasteiger partial charge in [0.25, 0.3) is 5.91 Å². The van der Waals surface area contributed by atoms with E-state index in [1.165, 1.54) is 0 Å². The van der Waals surface area contributed by atoms with Crippen molar-refractivity contribution in [1.82, 2.24) is 9.80 Å². The Morgan fingerprint density at radius 1 is 1.27 bits per heavy atom. The number of halogens is 1. The van der Waals surface area contributed by atoms with E-state index in [0.717, 1.165) is 41.8 Å². The van der Waals surface area contributed by atoms with Crippen LogP contribution < -0.4 is 0 Å². The summed E-state index contributed by atoms with van der Waals surface area (Å²) in [5.41, 5.74) is 2.38. The molecule has 1 amide bonds. The zero-order chi connectivity index (χ0) is 16.3. The largest absolute Gasteiger partial charge is 0.338 e. The predicted molar refractivity (Wildman–Crippen MR) is 95.2 cm³/mol. The average molecular weight is 366 g/mol. The quantitative estimate of drug-likeness (QED) is 0.765. The second kappa shape index (κ2) is 7.38. The van der Waals surface area contributed by atoms with Crippen molar-refractivity contribution in [2.75, 3.05) is 27.2 Å². The Hall–Kier alpha value is -1.20. The minimum Gasteiger partial charge on any atom is -0.338 e. The molecule has 2 rings (SSSR count). The molecule has 0 aromatic heterocycles. The Labute approximate surface area is 141 Å². The number of rotatable bonds is 3. The number of carbonyl (C=O) groups is 1. The lowest BCUT2D eigenvalue weighted by atomic mass is 10.0. The van der Waals surface area contributed by atoms with Crippen LogP contribution in [0.25, 0.3) is 0 Å². The minimum absolute atomic E-state index is 0.0877. The standard InChI is InChI=1S/C17H24BrN3O/c1-12(2)19-16-11-13(18)5-6-15(16)17(22)21-9-7-14(8-10-21)20(3)4/h5-6,11,14H,7-10H2,1-4H3. The van der Waals surface area contributed by atoms with Crippen LogP contribution in [0.3, 0.4) is 0 Å². The van der Waals surface area contributed by atoms with Crippen LogP contribution in [0.5, 0.6) is 0 Å². The Bertz CT molecular complexity index is 571. The van der Waals surface area contributed by atoms with Crippen molar-refractivity contribution in [3.8, 4) is 0 Å². The van der Waals surface area contributed by atoms with Gasteiger partial charge >= 0.3 is 0 Å². The second-order valence-corrected chi connectivity index (χ2v) is 7.12. The zero-order valence-corrected chi connectivity index (χ0v) is 15.4. The summed E-state index contributed by atoms with van der Waals surface area (Å²) in [5, 5.41) is 0. The van der Waals surface area contributed by atoms with Gasteiger partial charge in [0.2, 0.25) is 0 Å². The maximum Gasteiger partial charge on any atom is 0.256 e. The van der Waals surface area contributed by atoms with E-state index in [0.29, 0.717) is 11.6 Å². The molecular weight excluding hydrogens is 342 g/mol. The highest BCUT2D eigenvalue weighted by Gasteiger charge is 2.25. The SMILES string of the molecule is CC(C)=Nc1cc(Br)ccc1C(=O)N1CCC(N(C)C)CC1. The van der Waals surface area contributed by atoms with Crippen LogP contribution in [0.15, 0.2) is 27.7 Å². The van der Waals surface area contributed by atoms with Gasteiger partial charge in [-0.2, -0.15) is 0 Å². The summed E-state index contributed by atoms with van der Waals surface area (Å²) in [5.74, 6) is 0.0877. The molecule has 0 spiro atoms. The van der Waals surface area contributed by atoms with Gasteiger partial charge in [0.05, 0.1) is 11.3 Å². The Morgan fingerprint density at radius 2 is 1.91 bits per heavy atom. The van der Waals surface area contributed by atoms with E-state index in [1.807, 2.05) is 36.9 Å². The number of benzene rings is 1. The van der Waals surface area contributed by atoms with E-state index in [9.17, 15) is 4.79 Å². The smallest absolute Gasteiger partial charge is 0.256 e. The molecule has 0 bridgehead atoms. The van der Waals surface area contributed by atoms with Crippen molar-refractivity contribution >= 4 is 33.2 Å². The van der Waals surface area contributed by atoms with Gasteiger partial charge in [-0.1, -0.05) is 15.9 Å². The van der Waals surface area contributed by atoms with E-state index in [1.54, 1.807) is 0 Å². The second-order valence-electron chi connectivity index (χ2n) is 6.21. The molecule has 0 unspecified atom stereocenters. The lowest BCUT2D eigenvalue weighted by Crippen LogP contribution is -2.44. The van der Waals surface area contributed by atoms with Gasteiger partial charge in [-0.3, -0.25) is 9.79 Å². The molecule has 1 saturated heterocycles. The van der Waals surface area contributed by atoms with E-state index in [-0.39, 0.29) is 5.91 Å². The molecule has 1 aromatic carbocycles. The Balaban J connectivity index is 2.18. The summed E-state index contributed by atoms with van der Waals surface area (Å²) in [4.78, 5) is 21.5. The van der Waals surface area contributed by atoms with Crippen LogP contribution in [0.4, 0.5) is 5.69 Å². The first-order valence-corrected chi connectivity index (χ1v) is 8.45. The van der Waals surface area contributed by atoms with E-state index < -0.39 is 0 Å². The molecule has 0 atom stereocenters. The third-order valence-corrected chi connectivity index (χ3v) is 4.51. The van der Waals surface area contributed by atoms with Crippen LogP contribution in [0.1, 0.15) is 37.0 Å². The summed E-state index contributed by atoms with van der Waals surface area (Å²) in [7, 11) is 4.21. The van der Waals surface area contributed by atoms with Crippen LogP contribution in [-0.4, -0.2) is 54.6 Å². The maximum absolute atomic E-state index is 12.8. The molecule has 4 nitrogen and oxygen atoms in total. The fourth-order valence-electron chi connectivity index (χ4n) is 2.77. The fourth-order valence-corrected chi connectivity index (χ4v) is 3.12. The molecule has 1 heterocycles. The molecule has 1 fully saturated rings. The van der Waals surface area contributed by atoms with Crippen LogP contribution in [0, 0.1) is 0 Å². The minimum atomic E-state index is 0.0877. The maximum atomic E-state index is 12.8. The first-order valence-electron chi connectivity index (χ1n) is 7.65. The van der Waals surface area contributed by atoms with Gasteiger partial charge in [-0.05, 0) is 59.0 Å². The molecule has 120 valence electrons. The molecule has 1 aliphatic rings. The third kappa shape index (κ3) is 4.17. The Kier molecular flexibility index (Phi) is 5.75. The number of nitrogens with zero attached hydrogens (tertiary/aromatic N) is 3. The van der Waals surface area contributed by atoms with Crippen LogP contribution in [0.2, 0.25) is 0 Å². The van der Waals surface area contributed by atoms with Crippen molar-refractivity contribution in [2.24, 2.45) is 4.99 Å². The molecule has 1 aromatic rings. The van der Waals surface area contributed by atoms with Crippen LogP contribution >= 0.6 is 15.9 Å². The summed E-state index contributed by atoms with van der Waals surface area (Å²) < 4.78 is 0.940. The third-order valence-electron chi connectivity index (χ3n) is 4.02. The lowest BCUT2D eigenvalue weighted by molar-refractivity contribution is 0.0664. The molecule has 1 aliphatic heterocycles. The fraction of sp³-hybridized carbons (Fsp3) is 0.529. The summed E-state index contributed by atoms with van der Waals surface area (Å²) >= 11 is 3.46. The normalized spacial score (nSPS) is 16.0. The van der Waals surface area contributed by atoms with E-state index in [2.05, 4.69) is 39.9 Å². The molecule has 0 aliphatic carbocycles. The molecule has 0 N–H and O–H groups in total. The van der Waals surface area contributed by atoms with Crippen LogP contribution in [-0.2, 0) is 0 Å². The highest BCUT2D eigenvalue weighted by Crippen LogP contribution is 2.27. The summed E-state index contributed by atoms with van der Waals surface area (Å²) in [6, 6.07) is 6.26. The van der Waals surface area contributed by atoms with Crippen molar-refractivity contribution in [3.05, 3.63) is 28.2 Å². The molecular formula is C17H24BrN3O.